The third kappa shape index (κ3) is 5.37. The van der Waals surface area contributed by atoms with E-state index >= 15 is 0 Å². The lowest BCUT2D eigenvalue weighted by atomic mass is 10.2. The molecule has 8 heteroatoms. The van der Waals surface area contributed by atoms with E-state index in [2.05, 4.69) is 5.32 Å². The highest BCUT2D eigenvalue weighted by Crippen LogP contribution is 2.30. The van der Waals surface area contributed by atoms with Gasteiger partial charge < -0.3 is 14.8 Å². The first-order valence-corrected chi connectivity index (χ1v) is 8.57. The number of rotatable bonds is 9. The Bertz CT molecular complexity index is 717. The number of benzene rings is 1. The molecule has 0 saturated heterocycles. The lowest BCUT2D eigenvalue weighted by Gasteiger charge is -2.15. The largest absolute Gasteiger partial charge is 0.494 e. The fraction of sp³-hybridized carbons (Fsp3) is 0.389. The first-order chi connectivity index (χ1) is 12.5. The van der Waals surface area contributed by atoms with Crippen molar-refractivity contribution in [2.24, 2.45) is 5.92 Å². The summed E-state index contributed by atoms with van der Waals surface area (Å²) in [6, 6.07) is 4.39. The van der Waals surface area contributed by atoms with E-state index in [-0.39, 0.29) is 28.8 Å². The molecule has 26 heavy (non-hydrogen) atoms. The summed E-state index contributed by atoms with van der Waals surface area (Å²) < 4.78 is 24.1. The van der Waals surface area contributed by atoms with Crippen LogP contribution in [0.4, 0.5) is 4.39 Å². The highest BCUT2D eigenvalue weighted by atomic mass is 35.5. The van der Waals surface area contributed by atoms with E-state index in [0.717, 1.165) is 12.8 Å². The van der Waals surface area contributed by atoms with Crippen molar-refractivity contribution in [2.75, 3.05) is 13.7 Å². The molecule has 3 N–H and O–H groups in total. The van der Waals surface area contributed by atoms with E-state index < -0.39 is 11.7 Å². The highest BCUT2D eigenvalue weighted by Gasteiger charge is 2.25. The van der Waals surface area contributed by atoms with Crippen molar-refractivity contribution in [3.05, 3.63) is 52.1 Å². The van der Waals surface area contributed by atoms with E-state index in [1.54, 1.807) is 13.0 Å². The summed E-state index contributed by atoms with van der Waals surface area (Å²) >= 11 is 6.11. The molecule has 0 spiro atoms. The van der Waals surface area contributed by atoms with Gasteiger partial charge in [-0.05, 0) is 43.4 Å². The van der Waals surface area contributed by atoms with Crippen molar-refractivity contribution >= 4 is 17.5 Å². The second-order valence-electron chi connectivity index (χ2n) is 5.86. The van der Waals surface area contributed by atoms with E-state index in [9.17, 15) is 14.4 Å². The van der Waals surface area contributed by atoms with Gasteiger partial charge in [0.05, 0.1) is 18.7 Å². The zero-order chi connectivity index (χ0) is 19.1. The monoisotopic (exact) mass is 384 g/mol. The van der Waals surface area contributed by atoms with Crippen LogP contribution >= 0.6 is 11.6 Å². The van der Waals surface area contributed by atoms with Crippen molar-refractivity contribution in [1.29, 1.82) is 0 Å². The van der Waals surface area contributed by atoms with Crippen LogP contribution in [0.5, 0.6) is 5.75 Å². The molecule has 0 radical (unpaired) electrons. The second-order valence-corrected chi connectivity index (χ2v) is 6.27. The van der Waals surface area contributed by atoms with E-state index in [1.807, 2.05) is 5.48 Å². The summed E-state index contributed by atoms with van der Waals surface area (Å²) in [5.41, 5.74) is 2.42. The van der Waals surface area contributed by atoms with Crippen LogP contribution in [-0.2, 0) is 16.1 Å². The number of amides is 1. The molecular weight excluding hydrogens is 363 g/mol. The number of hydroxylamine groups is 1. The summed E-state index contributed by atoms with van der Waals surface area (Å²) in [6.07, 6.45) is 3.63. The Kier molecular flexibility index (Phi) is 7.29. The first-order valence-electron chi connectivity index (χ1n) is 8.20. The molecule has 6 nitrogen and oxygen atoms in total. The summed E-state index contributed by atoms with van der Waals surface area (Å²) in [6.45, 7) is 2.11. The molecule has 1 aromatic rings. The number of hydrogen-bond donors (Lipinski definition) is 3. The zero-order valence-corrected chi connectivity index (χ0v) is 15.4. The van der Waals surface area contributed by atoms with Crippen LogP contribution in [0.15, 0.2) is 40.8 Å². The van der Waals surface area contributed by atoms with Crippen LogP contribution < -0.4 is 15.5 Å². The third-order valence-electron chi connectivity index (χ3n) is 3.88. The fourth-order valence-corrected chi connectivity index (χ4v) is 2.37. The lowest BCUT2D eigenvalue weighted by Crippen LogP contribution is -2.29. The number of halogens is 2. The molecule has 0 unspecified atom stereocenters. The summed E-state index contributed by atoms with van der Waals surface area (Å²) in [5.74, 6) is -0.644. The Hall–Kier alpha value is -2.25. The summed E-state index contributed by atoms with van der Waals surface area (Å²) in [4.78, 5) is 12.5. The van der Waals surface area contributed by atoms with Gasteiger partial charge in [0.15, 0.2) is 11.6 Å². The molecule has 0 heterocycles. The van der Waals surface area contributed by atoms with Gasteiger partial charge in [0.2, 0.25) is 5.88 Å². The van der Waals surface area contributed by atoms with Gasteiger partial charge in [0.25, 0.3) is 5.91 Å². The molecule has 2 rings (SSSR count). The van der Waals surface area contributed by atoms with Gasteiger partial charge in [0.1, 0.15) is 5.57 Å². The Morgan fingerprint density at radius 1 is 1.46 bits per heavy atom. The van der Waals surface area contributed by atoms with Gasteiger partial charge in [-0.2, -0.15) is 0 Å². The topological polar surface area (TPSA) is 79.8 Å². The maximum atomic E-state index is 13.7. The quantitative estimate of drug-likeness (QED) is 0.264. The number of allylic oxidation sites excluding steroid dienone is 1. The van der Waals surface area contributed by atoms with E-state index in [0.29, 0.717) is 18.1 Å². The highest BCUT2D eigenvalue weighted by molar-refractivity contribution is 6.35. The number of methoxy groups -OCH3 is 1. The minimum Gasteiger partial charge on any atom is -0.494 e. The van der Waals surface area contributed by atoms with Crippen LogP contribution in [0.2, 0.25) is 0 Å². The van der Waals surface area contributed by atoms with Crippen LogP contribution in [0, 0.1) is 11.7 Å². The second kappa shape index (κ2) is 9.45. The molecule has 0 aliphatic heterocycles. The molecular formula is C18H22ClFN2O4. The SMILES string of the molecule is C/C=C(Cl)\C(C(=O)NCc1ccc(OC)c(F)c1)=C(/NO)OCC1CC1. The van der Waals surface area contributed by atoms with Crippen LogP contribution in [0.25, 0.3) is 0 Å². The number of ether oxygens (including phenoxy) is 2. The minimum absolute atomic E-state index is 0.0219. The Balaban J connectivity index is 2.11. The van der Waals surface area contributed by atoms with Crippen molar-refractivity contribution < 1.29 is 23.9 Å². The molecule has 1 aliphatic carbocycles. The van der Waals surface area contributed by atoms with Gasteiger partial charge in [-0.25, -0.2) is 9.87 Å². The summed E-state index contributed by atoms with van der Waals surface area (Å²) in [7, 11) is 1.38. The standard InChI is InChI=1S/C18H22ClFN2O4/c1-3-13(19)16(18(22-24)26-10-11-4-5-11)17(23)21-9-12-6-7-15(25-2)14(20)8-12/h3,6-8,11,22,24H,4-5,9-10H2,1-2H3,(H,21,23)/b13-3+,18-16-. The van der Waals surface area contributed by atoms with Gasteiger partial charge in [-0.15, -0.1) is 0 Å². The minimum atomic E-state index is -0.559. The lowest BCUT2D eigenvalue weighted by molar-refractivity contribution is -0.117. The number of hydrogen-bond acceptors (Lipinski definition) is 5. The maximum absolute atomic E-state index is 13.7. The molecule has 0 bridgehead atoms. The molecule has 1 amide bonds. The molecule has 1 fully saturated rings. The molecule has 1 saturated carbocycles. The number of nitrogens with one attached hydrogen (secondary N) is 2. The van der Waals surface area contributed by atoms with Crippen molar-refractivity contribution in [3.8, 4) is 5.75 Å². The Labute approximate surface area is 156 Å². The van der Waals surface area contributed by atoms with E-state index in [4.69, 9.17) is 21.1 Å². The fourth-order valence-electron chi connectivity index (χ4n) is 2.20. The molecule has 1 aromatic carbocycles. The molecule has 0 atom stereocenters. The molecule has 1 aliphatic rings. The van der Waals surface area contributed by atoms with Gasteiger partial charge in [-0.3, -0.25) is 10.0 Å². The van der Waals surface area contributed by atoms with E-state index in [1.165, 1.54) is 25.3 Å². The molecule has 142 valence electrons. The predicted molar refractivity (Wildman–Crippen MR) is 95.0 cm³/mol. The van der Waals surface area contributed by atoms with Crippen molar-refractivity contribution in [2.45, 2.75) is 26.3 Å². The van der Waals surface area contributed by atoms with Gasteiger partial charge >= 0.3 is 0 Å². The average Bonchev–Trinajstić information content (AvgIpc) is 3.47. The third-order valence-corrected chi connectivity index (χ3v) is 4.28. The van der Waals surface area contributed by atoms with Crippen molar-refractivity contribution in [1.82, 2.24) is 10.8 Å². The zero-order valence-electron chi connectivity index (χ0n) is 14.6. The predicted octanol–water partition coefficient (Wildman–Crippen LogP) is 3.21. The molecule has 0 aromatic heterocycles. The van der Waals surface area contributed by atoms with Gasteiger partial charge in [-0.1, -0.05) is 23.7 Å². The normalized spacial score (nSPS) is 15.2. The average molecular weight is 385 g/mol. The summed E-state index contributed by atoms with van der Waals surface area (Å²) in [5, 5.41) is 12.1. The van der Waals surface area contributed by atoms with Crippen LogP contribution in [-0.4, -0.2) is 24.8 Å². The van der Waals surface area contributed by atoms with Gasteiger partial charge in [0, 0.05) is 6.54 Å². The number of carbonyl (C=O) groups is 1. The smallest absolute Gasteiger partial charge is 0.258 e. The Morgan fingerprint density at radius 3 is 2.73 bits per heavy atom. The Morgan fingerprint density at radius 2 is 2.19 bits per heavy atom. The van der Waals surface area contributed by atoms with Crippen molar-refractivity contribution in [3.63, 3.8) is 0 Å². The van der Waals surface area contributed by atoms with Crippen LogP contribution in [0.3, 0.4) is 0 Å². The number of carbonyl (C=O) groups excluding carboxylic acids is 1. The van der Waals surface area contributed by atoms with Crippen LogP contribution in [0.1, 0.15) is 25.3 Å². The maximum Gasteiger partial charge on any atom is 0.258 e. The first kappa shape index (κ1) is 20.1.